The third-order valence-corrected chi connectivity index (χ3v) is 6.43. The lowest BCUT2D eigenvalue weighted by Crippen LogP contribution is -2.24. The molecule has 148 valence electrons. The zero-order valence-electron chi connectivity index (χ0n) is 15.6. The summed E-state index contributed by atoms with van der Waals surface area (Å²) in [4.78, 5) is 30.7. The molecule has 0 spiro atoms. The quantitative estimate of drug-likeness (QED) is 0.491. The minimum absolute atomic E-state index is 0.105. The molecule has 1 N–H and O–H groups in total. The van der Waals surface area contributed by atoms with Gasteiger partial charge in [0.1, 0.15) is 5.82 Å². The van der Waals surface area contributed by atoms with E-state index < -0.39 is 0 Å². The predicted molar refractivity (Wildman–Crippen MR) is 115 cm³/mol. The minimum Gasteiger partial charge on any atom is -0.325 e. The summed E-state index contributed by atoms with van der Waals surface area (Å²) in [6, 6.07) is 13.3. The average molecular weight is 428 g/mol. The number of carbonyl (C=O) groups is 1. The third-order valence-electron chi connectivity index (χ3n) is 4.39. The lowest BCUT2D eigenvalue weighted by Gasteiger charge is -2.14. The largest absolute Gasteiger partial charge is 0.325 e. The van der Waals surface area contributed by atoms with Crippen molar-refractivity contribution in [2.75, 3.05) is 16.8 Å². The maximum absolute atomic E-state index is 13.3. The maximum atomic E-state index is 13.3. The van der Waals surface area contributed by atoms with E-state index in [1.807, 2.05) is 31.2 Å². The molecule has 2 heterocycles. The van der Waals surface area contributed by atoms with E-state index in [2.05, 4.69) is 10.3 Å². The van der Waals surface area contributed by atoms with Crippen molar-refractivity contribution in [3.05, 3.63) is 76.0 Å². The number of aromatic nitrogens is 2. The monoisotopic (exact) mass is 427 g/mol. The van der Waals surface area contributed by atoms with Crippen LogP contribution in [0.15, 0.2) is 63.4 Å². The molecule has 0 atom stereocenters. The number of nitrogens with one attached hydrogen (secondary N) is 1. The van der Waals surface area contributed by atoms with Crippen molar-refractivity contribution in [1.29, 1.82) is 0 Å². The van der Waals surface area contributed by atoms with Crippen LogP contribution < -0.4 is 10.9 Å². The lowest BCUT2D eigenvalue weighted by molar-refractivity contribution is -0.113. The Morgan fingerprint density at radius 1 is 1.28 bits per heavy atom. The van der Waals surface area contributed by atoms with Crippen LogP contribution in [0.1, 0.15) is 11.3 Å². The number of hydrogen-bond donors (Lipinski definition) is 1. The molecule has 8 heteroatoms. The van der Waals surface area contributed by atoms with Crippen LogP contribution in [0, 0.1) is 12.7 Å². The first-order valence-corrected chi connectivity index (χ1v) is 11.0. The molecular formula is C21H18FN3O2S2. The Bertz CT molecular complexity index is 1130. The van der Waals surface area contributed by atoms with Gasteiger partial charge >= 0.3 is 0 Å². The number of carbonyl (C=O) groups excluding carboxylic acids is 1. The second kappa shape index (κ2) is 8.42. The summed E-state index contributed by atoms with van der Waals surface area (Å²) < 4.78 is 14.8. The van der Waals surface area contributed by atoms with E-state index in [0.717, 1.165) is 29.1 Å². The lowest BCUT2D eigenvalue weighted by atomic mass is 10.2. The van der Waals surface area contributed by atoms with Gasteiger partial charge < -0.3 is 5.32 Å². The fraction of sp³-hybridized carbons (Fsp3) is 0.190. The van der Waals surface area contributed by atoms with Crippen LogP contribution in [0.3, 0.4) is 0 Å². The number of amides is 1. The fourth-order valence-electron chi connectivity index (χ4n) is 3.06. The van der Waals surface area contributed by atoms with Gasteiger partial charge in [0.15, 0.2) is 5.16 Å². The Balaban J connectivity index is 1.61. The summed E-state index contributed by atoms with van der Waals surface area (Å²) in [7, 11) is 0. The summed E-state index contributed by atoms with van der Waals surface area (Å²) >= 11 is 2.68. The molecule has 3 aromatic rings. The van der Waals surface area contributed by atoms with Crippen molar-refractivity contribution in [2.45, 2.75) is 23.4 Å². The van der Waals surface area contributed by atoms with Crippen LogP contribution in [-0.4, -0.2) is 27.0 Å². The summed E-state index contributed by atoms with van der Waals surface area (Å²) in [6.45, 7) is 1.96. The SMILES string of the molecule is Cc1cccc(NC(=O)CSc2nc3c(c(=O)n2-c2ccc(F)cc2)SCC3)c1. The number of rotatable bonds is 5. The Morgan fingerprint density at radius 3 is 2.83 bits per heavy atom. The number of halogens is 1. The zero-order valence-corrected chi connectivity index (χ0v) is 17.3. The van der Waals surface area contributed by atoms with Gasteiger partial charge in [-0.3, -0.25) is 14.2 Å². The van der Waals surface area contributed by atoms with Gasteiger partial charge in [0, 0.05) is 17.9 Å². The second-order valence-corrected chi connectivity index (χ2v) is 8.64. The highest BCUT2D eigenvalue weighted by Gasteiger charge is 2.23. The molecule has 0 radical (unpaired) electrons. The van der Waals surface area contributed by atoms with Crippen LogP contribution in [0.25, 0.3) is 5.69 Å². The fourth-order valence-corrected chi connectivity index (χ4v) is 4.91. The number of nitrogens with zero attached hydrogens (tertiary/aromatic N) is 2. The number of benzene rings is 2. The van der Waals surface area contributed by atoms with Crippen molar-refractivity contribution in [3.8, 4) is 5.69 Å². The van der Waals surface area contributed by atoms with Gasteiger partial charge in [0.25, 0.3) is 5.56 Å². The van der Waals surface area contributed by atoms with E-state index >= 15 is 0 Å². The van der Waals surface area contributed by atoms with E-state index in [-0.39, 0.29) is 23.0 Å². The van der Waals surface area contributed by atoms with E-state index in [9.17, 15) is 14.0 Å². The van der Waals surface area contributed by atoms with Crippen molar-refractivity contribution in [2.24, 2.45) is 0 Å². The molecule has 4 rings (SSSR count). The average Bonchev–Trinajstić information content (AvgIpc) is 3.16. The topological polar surface area (TPSA) is 64.0 Å². The Morgan fingerprint density at radius 2 is 2.07 bits per heavy atom. The number of anilines is 1. The maximum Gasteiger partial charge on any atom is 0.272 e. The standard InChI is InChI=1S/C21H18FN3O2S2/c1-13-3-2-4-15(11-13)23-18(26)12-29-21-24-17-9-10-28-19(17)20(27)25(21)16-7-5-14(22)6-8-16/h2-8,11H,9-10,12H2,1H3,(H,23,26). The minimum atomic E-state index is -0.378. The normalized spacial score (nSPS) is 12.6. The molecular weight excluding hydrogens is 409 g/mol. The van der Waals surface area contributed by atoms with Crippen LogP contribution in [0.2, 0.25) is 0 Å². The zero-order chi connectivity index (χ0) is 20.4. The van der Waals surface area contributed by atoms with Gasteiger partial charge in [-0.15, -0.1) is 11.8 Å². The molecule has 0 aliphatic carbocycles. The number of hydrogen-bond acceptors (Lipinski definition) is 5. The molecule has 0 saturated heterocycles. The molecule has 29 heavy (non-hydrogen) atoms. The molecule has 0 unspecified atom stereocenters. The van der Waals surface area contributed by atoms with E-state index in [1.165, 1.54) is 40.2 Å². The summed E-state index contributed by atoms with van der Waals surface area (Å²) in [5, 5.41) is 3.29. The molecule has 0 fully saturated rings. The predicted octanol–water partition coefficient (Wildman–Crippen LogP) is 4.06. The molecule has 1 amide bonds. The van der Waals surface area contributed by atoms with Crippen molar-refractivity contribution in [3.63, 3.8) is 0 Å². The number of fused-ring (bicyclic) bond motifs is 1. The van der Waals surface area contributed by atoms with Gasteiger partial charge in [-0.05, 0) is 48.9 Å². The van der Waals surface area contributed by atoms with Gasteiger partial charge in [-0.2, -0.15) is 0 Å². The highest BCUT2D eigenvalue weighted by atomic mass is 32.2. The van der Waals surface area contributed by atoms with Crippen LogP contribution in [0.5, 0.6) is 0 Å². The molecule has 1 aromatic heterocycles. The van der Waals surface area contributed by atoms with Crippen LogP contribution in [-0.2, 0) is 11.2 Å². The molecule has 0 bridgehead atoms. The summed E-state index contributed by atoms with van der Waals surface area (Å²) in [5.74, 6) is 0.351. The van der Waals surface area contributed by atoms with Gasteiger partial charge in [0.05, 0.1) is 22.0 Å². The molecule has 0 saturated carbocycles. The smallest absolute Gasteiger partial charge is 0.272 e. The first kappa shape index (κ1) is 19.7. The molecule has 2 aromatic carbocycles. The van der Waals surface area contributed by atoms with E-state index in [4.69, 9.17) is 0 Å². The van der Waals surface area contributed by atoms with Gasteiger partial charge in [-0.1, -0.05) is 23.9 Å². The number of thioether (sulfide) groups is 2. The third kappa shape index (κ3) is 4.38. The van der Waals surface area contributed by atoms with Gasteiger partial charge in [-0.25, -0.2) is 9.37 Å². The van der Waals surface area contributed by atoms with Gasteiger partial charge in [0.2, 0.25) is 5.91 Å². The Labute approximate surface area is 175 Å². The van der Waals surface area contributed by atoms with Crippen molar-refractivity contribution < 1.29 is 9.18 Å². The highest BCUT2D eigenvalue weighted by molar-refractivity contribution is 8.00. The second-order valence-electron chi connectivity index (χ2n) is 6.59. The first-order valence-electron chi connectivity index (χ1n) is 9.05. The van der Waals surface area contributed by atoms with E-state index in [0.29, 0.717) is 15.7 Å². The molecule has 1 aliphatic rings. The van der Waals surface area contributed by atoms with Crippen LogP contribution >= 0.6 is 23.5 Å². The molecule has 1 aliphatic heterocycles. The van der Waals surface area contributed by atoms with Crippen molar-refractivity contribution >= 4 is 35.1 Å². The Hall–Kier alpha value is -2.58. The Kier molecular flexibility index (Phi) is 5.73. The molecule has 5 nitrogen and oxygen atoms in total. The van der Waals surface area contributed by atoms with E-state index in [1.54, 1.807) is 12.1 Å². The van der Waals surface area contributed by atoms with Crippen molar-refractivity contribution in [1.82, 2.24) is 9.55 Å². The summed E-state index contributed by atoms with van der Waals surface area (Å²) in [5.41, 5.74) is 2.90. The number of aryl methyl sites for hydroxylation is 2. The first-order chi connectivity index (χ1) is 14.0. The van der Waals surface area contributed by atoms with Crippen LogP contribution in [0.4, 0.5) is 10.1 Å². The highest BCUT2D eigenvalue weighted by Crippen LogP contribution is 2.30. The summed E-state index contributed by atoms with van der Waals surface area (Å²) in [6.07, 6.45) is 0.725.